The average molecular weight is 302 g/mol. The zero-order valence-corrected chi connectivity index (χ0v) is 13.9. The van der Waals surface area contributed by atoms with Gasteiger partial charge in [-0.25, -0.2) is 0 Å². The fourth-order valence-corrected chi connectivity index (χ4v) is 1.98. The molecule has 0 aromatic carbocycles. The second kappa shape index (κ2) is 12.6. The van der Waals surface area contributed by atoms with Crippen LogP contribution in [0.1, 0.15) is 32.1 Å². The molecule has 124 valence electrons. The topological polar surface area (TPSA) is 59.1 Å². The molecule has 0 aliphatic rings. The highest BCUT2D eigenvalue weighted by Crippen LogP contribution is 2.03. The van der Waals surface area contributed by atoms with Crippen LogP contribution in [-0.2, 0) is 19.1 Å². The molecular formula is C15H30N2O4. The van der Waals surface area contributed by atoms with Crippen LogP contribution >= 0.6 is 0 Å². The third-order valence-electron chi connectivity index (χ3n) is 3.30. The zero-order valence-electron chi connectivity index (χ0n) is 13.9. The Morgan fingerprint density at radius 2 is 1.24 bits per heavy atom. The van der Waals surface area contributed by atoms with Gasteiger partial charge in [0.2, 0.25) is 0 Å². The first-order chi connectivity index (χ1) is 9.99. The molecule has 0 saturated carbocycles. The minimum absolute atomic E-state index is 0.217. The van der Waals surface area contributed by atoms with E-state index in [1.165, 1.54) is 14.2 Å². The van der Waals surface area contributed by atoms with Crippen molar-refractivity contribution in [1.82, 2.24) is 9.80 Å². The molecule has 0 unspecified atom stereocenters. The molecule has 0 aromatic heterocycles. The van der Waals surface area contributed by atoms with Crippen LogP contribution in [0.15, 0.2) is 0 Å². The van der Waals surface area contributed by atoms with Crippen molar-refractivity contribution in [3.05, 3.63) is 0 Å². The molecule has 0 atom stereocenters. The summed E-state index contributed by atoms with van der Waals surface area (Å²) < 4.78 is 9.31. The lowest BCUT2D eigenvalue weighted by molar-refractivity contribution is -0.141. The predicted molar refractivity (Wildman–Crippen MR) is 82.1 cm³/mol. The van der Waals surface area contributed by atoms with Crippen LogP contribution in [0.4, 0.5) is 0 Å². The summed E-state index contributed by atoms with van der Waals surface area (Å²) in [7, 11) is 6.92. The Bertz CT molecular complexity index is 275. The summed E-state index contributed by atoms with van der Waals surface area (Å²) in [4.78, 5) is 26.7. The second-order valence-electron chi connectivity index (χ2n) is 5.36. The molecule has 0 N–H and O–H groups in total. The van der Waals surface area contributed by atoms with E-state index in [-0.39, 0.29) is 11.9 Å². The maximum absolute atomic E-state index is 11.2. The van der Waals surface area contributed by atoms with Gasteiger partial charge in [-0.15, -0.1) is 0 Å². The summed E-state index contributed by atoms with van der Waals surface area (Å²) in [5.41, 5.74) is 0. The molecule has 0 aromatic rings. The van der Waals surface area contributed by atoms with Crippen LogP contribution in [-0.4, -0.2) is 76.2 Å². The van der Waals surface area contributed by atoms with E-state index in [4.69, 9.17) is 0 Å². The van der Waals surface area contributed by atoms with Crippen LogP contribution < -0.4 is 0 Å². The molecule has 0 amide bonds. The number of esters is 2. The molecule has 0 spiro atoms. The normalized spacial score (nSPS) is 11.0. The van der Waals surface area contributed by atoms with Crippen molar-refractivity contribution in [2.45, 2.75) is 32.1 Å². The van der Waals surface area contributed by atoms with E-state index < -0.39 is 0 Å². The van der Waals surface area contributed by atoms with Crippen molar-refractivity contribution in [2.24, 2.45) is 0 Å². The van der Waals surface area contributed by atoms with E-state index in [1.54, 1.807) is 0 Å². The number of rotatable bonds is 12. The number of nitrogens with zero attached hydrogens (tertiary/aromatic N) is 2. The van der Waals surface area contributed by atoms with Gasteiger partial charge >= 0.3 is 11.9 Å². The van der Waals surface area contributed by atoms with Crippen molar-refractivity contribution in [3.63, 3.8) is 0 Å². The molecule has 6 nitrogen and oxygen atoms in total. The minimum Gasteiger partial charge on any atom is -0.469 e. The van der Waals surface area contributed by atoms with Gasteiger partial charge in [-0.2, -0.15) is 0 Å². The summed E-state index contributed by atoms with van der Waals surface area (Å²) in [5.74, 6) is -0.434. The van der Waals surface area contributed by atoms with Crippen molar-refractivity contribution < 1.29 is 19.1 Å². The number of carbonyl (C=O) groups excluding carboxylic acids is 2. The lowest BCUT2D eigenvalue weighted by Crippen LogP contribution is -2.30. The van der Waals surface area contributed by atoms with Gasteiger partial charge in [0.15, 0.2) is 0 Å². The zero-order chi connectivity index (χ0) is 16.1. The highest BCUT2D eigenvalue weighted by Gasteiger charge is 2.10. The Morgan fingerprint density at radius 1 is 0.762 bits per heavy atom. The number of unbranched alkanes of at least 4 members (excludes halogenated alkanes) is 2. The third kappa shape index (κ3) is 12.3. The molecule has 0 bridgehead atoms. The van der Waals surface area contributed by atoms with Gasteiger partial charge in [-0.3, -0.25) is 9.59 Å². The molecular weight excluding hydrogens is 272 g/mol. The largest absolute Gasteiger partial charge is 0.469 e. The van der Waals surface area contributed by atoms with E-state index in [1.807, 2.05) is 0 Å². The highest BCUT2D eigenvalue weighted by molar-refractivity contribution is 5.70. The fourth-order valence-electron chi connectivity index (χ4n) is 1.98. The van der Waals surface area contributed by atoms with Crippen LogP contribution in [0.25, 0.3) is 0 Å². The Labute approximate surface area is 128 Å². The summed E-state index contributed by atoms with van der Waals surface area (Å²) in [6.07, 6.45) is 4.08. The Kier molecular flexibility index (Phi) is 11.9. The molecule has 0 radical (unpaired) electrons. The fraction of sp³-hybridized carbons (Fsp3) is 0.867. The van der Waals surface area contributed by atoms with Crippen LogP contribution in [0.5, 0.6) is 0 Å². The van der Waals surface area contributed by atoms with Gasteiger partial charge in [0, 0.05) is 13.1 Å². The number of ether oxygens (including phenoxy) is 2. The summed E-state index contributed by atoms with van der Waals surface area (Å²) in [6, 6.07) is 0. The lowest BCUT2D eigenvalue weighted by Gasteiger charge is -2.21. The van der Waals surface area contributed by atoms with E-state index in [0.717, 1.165) is 32.4 Å². The molecule has 0 fully saturated rings. The Hall–Kier alpha value is -1.14. The summed E-state index contributed by atoms with van der Waals surface area (Å²) >= 11 is 0. The van der Waals surface area contributed by atoms with Crippen LogP contribution in [0, 0.1) is 0 Å². The average Bonchev–Trinajstić information content (AvgIpc) is 2.47. The SMILES string of the molecule is COC(=O)CCN(CCCCCN(C)C)CCC(=O)OC. The minimum atomic E-state index is -0.217. The molecule has 0 saturated heterocycles. The van der Waals surface area contributed by atoms with E-state index in [0.29, 0.717) is 25.9 Å². The molecule has 6 heteroatoms. The Morgan fingerprint density at radius 3 is 1.67 bits per heavy atom. The number of hydrogen-bond acceptors (Lipinski definition) is 6. The maximum Gasteiger partial charge on any atom is 0.306 e. The monoisotopic (exact) mass is 302 g/mol. The van der Waals surface area contributed by atoms with Gasteiger partial charge in [0.25, 0.3) is 0 Å². The van der Waals surface area contributed by atoms with Crippen LogP contribution in [0.3, 0.4) is 0 Å². The van der Waals surface area contributed by atoms with Gasteiger partial charge in [0.05, 0.1) is 27.1 Å². The smallest absolute Gasteiger partial charge is 0.306 e. The standard InChI is InChI=1S/C15H30N2O4/c1-16(2)10-6-5-7-11-17(12-8-14(18)20-3)13-9-15(19)21-4/h5-13H2,1-4H3. The van der Waals surface area contributed by atoms with Crippen molar-refractivity contribution in [2.75, 3.05) is 54.5 Å². The van der Waals surface area contributed by atoms with Gasteiger partial charge in [0.1, 0.15) is 0 Å². The van der Waals surface area contributed by atoms with E-state index >= 15 is 0 Å². The van der Waals surface area contributed by atoms with Crippen molar-refractivity contribution >= 4 is 11.9 Å². The number of hydrogen-bond donors (Lipinski definition) is 0. The third-order valence-corrected chi connectivity index (χ3v) is 3.30. The molecule has 21 heavy (non-hydrogen) atoms. The Balaban J connectivity index is 3.99. The van der Waals surface area contributed by atoms with Crippen molar-refractivity contribution in [3.8, 4) is 0 Å². The second-order valence-corrected chi connectivity index (χ2v) is 5.36. The molecule has 0 heterocycles. The van der Waals surface area contributed by atoms with Gasteiger partial charge < -0.3 is 19.3 Å². The first-order valence-electron chi connectivity index (χ1n) is 7.50. The number of carbonyl (C=O) groups is 2. The molecule has 0 aliphatic heterocycles. The van der Waals surface area contributed by atoms with Crippen LogP contribution in [0.2, 0.25) is 0 Å². The summed E-state index contributed by atoms with van der Waals surface area (Å²) in [5, 5.41) is 0. The lowest BCUT2D eigenvalue weighted by atomic mass is 10.2. The quantitative estimate of drug-likeness (QED) is 0.398. The predicted octanol–water partition coefficient (Wildman–Crippen LogP) is 1.15. The van der Waals surface area contributed by atoms with Gasteiger partial charge in [-0.05, 0) is 40.0 Å². The van der Waals surface area contributed by atoms with Gasteiger partial charge in [-0.1, -0.05) is 6.42 Å². The maximum atomic E-state index is 11.2. The van der Waals surface area contributed by atoms with E-state index in [9.17, 15) is 9.59 Å². The number of methoxy groups -OCH3 is 2. The molecule has 0 rings (SSSR count). The van der Waals surface area contributed by atoms with E-state index in [2.05, 4.69) is 33.4 Å². The molecule has 0 aliphatic carbocycles. The summed E-state index contributed by atoms with van der Waals surface area (Å²) in [6.45, 7) is 3.22. The highest BCUT2D eigenvalue weighted by atomic mass is 16.5. The first-order valence-corrected chi connectivity index (χ1v) is 7.50. The first kappa shape index (κ1) is 19.9. The van der Waals surface area contributed by atoms with Crippen molar-refractivity contribution in [1.29, 1.82) is 0 Å².